The summed E-state index contributed by atoms with van der Waals surface area (Å²) >= 11 is 11.9. The Balaban J connectivity index is 1.98. The summed E-state index contributed by atoms with van der Waals surface area (Å²) in [6, 6.07) is 5.48. The summed E-state index contributed by atoms with van der Waals surface area (Å²) in [7, 11) is 0. The minimum Gasteiger partial charge on any atom is -0.487 e. The summed E-state index contributed by atoms with van der Waals surface area (Å²) in [6.45, 7) is 4.12. The lowest BCUT2D eigenvalue weighted by Gasteiger charge is -2.42. The minimum atomic E-state index is -0.000666. The van der Waals surface area contributed by atoms with Crippen molar-refractivity contribution in [2.75, 3.05) is 13.1 Å². The van der Waals surface area contributed by atoms with Gasteiger partial charge < -0.3 is 10.1 Å². The Kier molecular flexibility index (Phi) is 4.77. The van der Waals surface area contributed by atoms with E-state index < -0.39 is 0 Å². The molecule has 2 nitrogen and oxygen atoms in total. The van der Waals surface area contributed by atoms with E-state index in [0.717, 1.165) is 38.1 Å². The van der Waals surface area contributed by atoms with Crippen molar-refractivity contribution >= 4 is 23.2 Å². The van der Waals surface area contributed by atoms with Crippen LogP contribution >= 0.6 is 23.2 Å². The van der Waals surface area contributed by atoms with Gasteiger partial charge >= 0.3 is 0 Å². The Hall–Kier alpha value is -0.440. The van der Waals surface area contributed by atoms with E-state index in [4.69, 9.17) is 27.9 Å². The van der Waals surface area contributed by atoms with Crippen LogP contribution in [0.25, 0.3) is 0 Å². The Labute approximate surface area is 119 Å². The zero-order valence-corrected chi connectivity index (χ0v) is 12.2. The number of benzene rings is 1. The Morgan fingerprint density at radius 2 is 2.06 bits per heavy atom. The largest absolute Gasteiger partial charge is 0.487 e. The van der Waals surface area contributed by atoms with E-state index in [9.17, 15) is 0 Å². The smallest absolute Gasteiger partial charge is 0.121 e. The van der Waals surface area contributed by atoms with Gasteiger partial charge in [0, 0.05) is 6.07 Å². The molecule has 0 aliphatic heterocycles. The molecule has 0 spiro atoms. The van der Waals surface area contributed by atoms with Crippen molar-refractivity contribution in [1.82, 2.24) is 5.32 Å². The molecule has 0 heterocycles. The Bertz CT molecular complexity index is 405. The van der Waals surface area contributed by atoms with Gasteiger partial charge in [-0.05, 0) is 50.9 Å². The molecule has 0 radical (unpaired) electrons. The van der Waals surface area contributed by atoms with Gasteiger partial charge in [0.05, 0.1) is 10.0 Å². The van der Waals surface area contributed by atoms with Gasteiger partial charge in [0.15, 0.2) is 0 Å². The van der Waals surface area contributed by atoms with Crippen LogP contribution in [-0.2, 0) is 0 Å². The molecule has 1 aromatic carbocycles. The normalized spacial score (nSPS) is 17.3. The molecular weight excluding hydrogens is 269 g/mol. The van der Waals surface area contributed by atoms with Crippen LogP contribution in [0.3, 0.4) is 0 Å². The van der Waals surface area contributed by atoms with Crippen molar-refractivity contribution in [2.45, 2.75) is 38.2 Å². The Morgan fingerprint density at radius 1 is 1.28 bits per heavy atom. The van der Waals surface area contributed by atoms with Gasteiger partial charge in [-0.1, -0.05) is 30.1 Å². The van der Waals surface area contributed by atoms with Crippen LogP contribution in [0, 0.1) is 0 Å². The molecule has 1 N–H and O–H groups in total. The molecule has 1 fully saturated rings. The lowest BCUT2D eigenvalue weighted by atomic mass is 9.77. The highest BCUT2D eigenvalue weighted by Gasteiger charge is 2.38. The average Bonchev–Trinajstić information content (AvgIpc) is 2.31. The molecule has 4 heteroatoms. The number of ether oxygens (including phenoxy) is 1. The predicted octanol–water partition coefficient (Wildman–Crippen LogP) is 4.29. The number of rotatable bonds is 6. The highest BCUT2D eigenvalue weighted by molar-refractivity contribution is 6.42. The van der Waals surface area contributed by atoms with Crippen molar-refractivity contribution in [2.24, 2.45) is 0 Å². The third-order valence-corrected chi connectivity index (χ3v) is 4.24. The standard InChI is InChI=1S/C14H19Cl2NO/c1-2-17-9-8-14(6-3-7-14)18-11-4-5-12(15)13(16)10-11/h4-5,10,17H,2-3,6-9H2,1H3. The third-order valence-electron chi connectivity index (χ3n) is 3.50. The first-order chi connectivity index (χ1) is 8.65. The van der Waals surface area contributed by atoms with Crippen LogP contribution in [0.2, 0.25) is 10.0 Å². The molecule has 1 aromatic rings. The molecule has 1 aliphatic carbocycles. The van der Waals surface area contributed by atoms with E-state index in [1.54, 1.807) is 12.1 Å². The van der Waals surface area contributed by atoms with Crippen LogP contribution in [-0.4, -0.2) is 18.7 Å². The Morgan fingerprint density at radius 3 is 2.61 bits per heavy atom. The van der Waals surface area contributed by atoms with Gasteiger partial charge in [-0.2, -0.15) is 0 Å². The lowest BCUT2D eigenvalue weighted by molar-refractivity contribution is -0.0141. The van der Waals surface area contributed by atoms with Crippen LogP contribution in [0.15, 0.2) is 18.2 Å². The quantitative estimate of drug-likeness (QED) is 0.788. The first-order valence-corrected chi connectivity index (χ1v) is 7.26. The highest BCUT2D eigenvalue weighted by atomic mass is 35.5. The zero-order chi connectivity index (χ0) is 13.0. The minimum absolute atomic E-state index is 0.000666. The summed E-state index contributed by atoms with van der Waals surface area (Å²) in [5.74, 6) is 0.820. The maximum absolute atomic E-state index is 6.14. The van der Waals surface area contributed by atoms with Crippen molar-refractivity contribution in [3.8, 4) is 5.75 Å². The molecule has 100 valence electrons. The number of hydrogen-bond donors (Lipinski definition) is 1. The maximum Gasteiger partial charge on any atom is 0.121 e. The molecule has 18 heavy (non-hydrogen) atoms. The van der Waals surface area contributed by atoms with Crippen LogP contribution in [0.1, 0.15) is 32.6 Å². The number of nitrogens with one attached hydrogen (secondary N) is 1. The third kappa shape index (κ3) is 3.31. The lowest BCUT2D eigenvalue weighted by Crippen LogP contribution is -2.45. The first-order valence-electron chi connectivity index (χ1n) is 6.50. The van der Waals surface area contributed by atoms with E-state index in [2.05, 4.69) is 12.2 Å². The maximum atomic E-state index is 6.14. The second-order valence-electron chi connectivity index (χ2n) is 4.82. The highest BCUT2D eigenvalue weighted by Crippen LogP contribution is 2.40. The topological polar surface area (TPSA) is 21.3 Å². The van der Waals surface area contributed by atoms with Gasteiger partial charge in [-0.25, -0.2) is 0 Å². The van der Waals surface area contributed by atoms with Crippen LogP contribution in [0.4, 0.5) is 0 Å². The van der Waals surface area contributed by atoms with E-state index >= 15 is 0 Å². The summed E-state index contributed by atoms with van der Waals surface area (Å²) in [5, 5.41) is 4.47. The van der Waals surface area contributed by atoms with E-state index in [1.807, 2.05) is 6.07 Å². The monoisotopic (exact) mass is 287 g/mol. The summed E-state index contributed by atoms with van der Waals surface area (Å²) < 4.78 is 6.14. The summed E-state index contributed by atoms with van der Waals surface area (Å²) in [5.41, 5.74) is -0.000666. The van der Waals surface area contributed by atoms with Gasteiger partial charge in [0.25, 0.3) is 0 Å². The molecule has 0 aromatic heterocycles. The molecular formula is C14H19Cl2NO. The average molecular weight is 288 g/mol. The van der Waals surface area contributed by atoms with Crippen molar-refractivity contribution in [1.29, 1.82) is 0 Å². The summed E-state index contributed by atoms with van der Waals surface area (Å²) in [6.07, 6.45) is 4.53. The zero-order valence-electron chi connectivity index (χ0n) is 10.6. The molecule has 2 rings (SSSR count). The van der Waals surface area contributed by atoms with Gasteiger partial charge in [0.2, 0.25) is 0 Å². The first kappa shape index (κ1) is 14.0. The fourth-order valence-corrected chi connectivity index (χ4v) is 2.55. The van der Waals surface area contributed by atoms with E-state index in [0.29, 0.717) is 10.0 Å². The fourth-order valence-electron chi connectivity index (χ4n) is 2.26. The van der Waals surface area contributed by atoms with E-state index in [-0.39, 0.29) is 5.60 Å². The molecule has 0 saturated heterocycles. The van der Waals surface area contributed by atoms with Crippen molar-refractivity contribution in [3.05, 3.63) is 28.2 Å². The van der Waals surface area contributed by atoms with Crippen LogP contribution in [0.5, 0.6) is 5.75 Å². The molecule has 1 saturated carbocycles. The van der Waals surface area contributed by atoms with Crippen molar-refractivity contribution < 1.29 is 4.74 Å². The molecule has 0 atom stereocenters. The molecule has 0 unspecified atom stereocenters. The molecule has 0 amide bonds. The van der Waals surface area contributed by atoms with Gasteiger partial charge in [-0.15, -0.1) is 0 Å². The van der Waals surface area contributed by atoms with E-state index in [1.165, 1.54) is 6.42 Å². The second kappa shape index (κ2) is 6.14. The fraction of sp³-hybridized carbons (Fsp3) is 0.571. The van der Waals surface area contributed by atoms with Crippen molar-refractivity contribution in [3.63, 3.8) is 0 Å². The number of halogens is 2. The molecule has 1 aliphatic rings. The number of hydrogen-bond acceptors (Lipinski definition) is 2. The summed E-state index contributed by atoms with van der Waals surface area (Å²) in [4.78, 5) is 0. The SMILES string of the molecule is CCNCCC1(Oc2ccc(Cl)c(Cl)c2)CCC1. The van der Waals surface area contributed by atoms with Gasteiger partial charge in [0.1, 0.15) is 11.4 Å². The second-order valence-corrected chi connectivity index (χ2v) is 5.63. The van der Waals surface area contributed by atoms with Crippen LogP contribution < -0.4 is 10.1 Å². The molecule has 0 bridgehead atoms. The predicted molar refractivity (Wildman–Crippen MR) is 76.8 cm³/mol. The van der Waals surface area contributed by atoms with Gasteiger partial charge in [-0.3, -0.25) is 0 Å².